The van der Waals surface area contributed by atoms with Gasteiger partial charge in [0.25, 0.3) is 0 Å². The van der Waals surface area contributed by atoms with Gasteiger partial charge in [-0.05, 0) is 24.0 Å². The quantitative estimate of drug-likeness (QED) is 0.797. The van der Waals surface area contributed by atoms with E-state index in [2.05, 4.69) is 13.8 Å². The molecule has 3 heteroatoms. The van der Waals surface area contributed by atoms with Crippen molar-refractivity contribution >= 4 is 11.7 Å². The average Bonchev–Trinajstić information content (AvgIpc) is 2.58. The first-order chi connectivity index (χ1) is 11.5. The predicted molar refractivity (Wildman–Crippen MR) is 96.2 cm³/mol. The molecule has 124 valence electrons. The molecule has 0 aliphatic carbocycles. The van der Waals surface area contributed by atoms with Crippen LogP contribution >= 0.6 is 0 Å². The highest BCUT2D eigenvalue weighted by Crippen LogP contribution is 2.29. The Kier molecular flexibility index (Phi) is 4.52. The molecule has 24 heavy (non-hydrogen) atoms. The van der Waals surface area contributed by atoms with Gasteiger partial charge in [-0.2, -0.15) is 0 Å². The van der Waals surface area contributed by atoms with Crippen LogP contribution in [0.25, 0.3) is 0 Å². The minimum atomic E-state index is -0.891. The van der Waals surface area contributed by atoms with Crippen molar-refractivity contribution < 1.29 is 9.53 Å². The van der Waals surface area contributed by atoms with Gasteiger partial charge in [-0.25, -0.2) is 4.79 Å². The van der Waals surface area contributed by atoms with Crippen molar-refractivity contribution in [2.75, 3.05) is 0 Å². The molecular formula is C21H23NO2. The Morgan fingerprint density at radius 1 is 1.04 bits per heavy atom. The monoisotopic (exact) mass is 321 g/mol. The van der Waals surface area contributed by atoms with Gasteiger partial charge < -0.3 is 4.74 Å². The molecule has 2 aromatic rings. The van der Waals surface area contributed by atoms with E-state index in [4.69, 9.17) is 9.73 Å². The summed E-state index contributed by atoms with van der Waals surface area (Å²) in [6.07, 6.45) is 0.233. The third kappa shape index (κ3) is 3.25. The summed E-state index contributed by atoms with van der Waals surface area (Å²) < 4.78 is 5.83. The molecule has 3 rings (SSSR count). The standard InChI is InChI=1S/C21H23NO2/c1-15(2)19-18(17-12-8-5-9-13-17)22-21(3,20(23)24-19)14-16-10-6-4-7-11-16/h4-13,15,19H,14H2,1-3H3/t19-,21+/m0/s1. The van der Waals surface area contributed by atoms with Crippen LogP contribution in [-0.2, 0) is 16.0 Å². The van der Waals surface area contributed by atoms with Crippen LogP contribution in [0, 0.1) is 5.92 Å². The Morgan fingerprint density at radius 3 is 2.21 bits per heavy atom. The number of aliphatic imine (C=N–C) groups is 1. The Hall–Kier alpha value is -2.42. The van der Waals surface area contributed by atoms with Crippen LogP contribution in [-0.4, -0.2) is 23.3 Å². The van der Waals surface area contributed by atoms with Gasteiger partial charge in [0.15, 0.2) is 5.54 Å². The second-order valence-corrected chi connectivity index (χ2v) is 6.87. The molecule has 1 heterocycles. The number of nitrogens with zero attached hydrogens (tertiary/aromatic N) is 1. The lowest BCUT2D eigenvalue weighted by Gasteiger charge is -2.35. The molecule has 0 saturated heterocycles. The number of esters is 1. The number of carbonyl (C=O) groups is 1. The van der Waals surface area contributed by atoms with Crippen LogP contribution in [0.15, 0.2) is 65.7 Å². The Balaban J connectivity index is 2.03. The van der Waals surface area contributed by atoms with Gasteiger partial charge in [0, 0.05) is 6.42 Å². The van der Waals surface area contributed by atoms with Crippen LogP contribution < -0.4 is 0 Å². The minimum absolute atomic E-state index is 0.175. The highest BCUT2D eigenvalue weighted by molar-refractivity contribution is 6.08. The third-order valence-electron chi connectivity index (χ3n) is 4.38. The van der Waals surface area contributed by atoms with Crippen LogP contribution in [0.5, 0.6) is 0 Å². The van der Waals surface area contributed by atoms with E-state index in [0.29, 0.717) is 6.42 Å². The fourth-order valence-corrected chi connectivity index (χ4v) is 3.07. The summed E-state index contributed by atoms with van der Waals surface area (Å²) in [7, 11) is 0. The van der Waals surface area contributed by atoms with E-state index in [1.165, 1.54) is 0 Å². The van der Waals surface area contributed by atoms with Gasteiger partial charge in [-0.15, -0.1) is 0 Å². The zero-order chi connectivity index (χ0) is 17.2. The molecule has 0 fully saturated rings. The normalized spacial score (nSPS) is 23.8. The van der Waals surface area contributed by atoms with E-state index >= 15 is 0 Å². The van der Waals surface area contributed by atoms with Crippen molar-refractivity contribution in [3.05, 3.63) is 71.8 Å². The first kappa shape index (κ1) is 16.4. The highest BCUT2D eigenvalue weighted by atomic mass is 16.5. The van der Waals surface area contributed by atoms with Gasteiger partial charge >= 0.3 is 5.97 Å². The van der Waals surface area contributed by atoms with Crippen molar-refractivity contribution in [2.45, 2.75) is 38.8 Å². The van der Waals surface area contributed by atoms with Crippen molar-refractivity contribution in [1.29, 1.82) is 0 Å². The summed E-state index contributed by atoms with van der Waals surface area (Å²) >= 11 is 0. The summed E-state index contributed by atoms with van der Waals surface area (Å²) in [5.74, 6) is -0.0704. The predicted octanol–water partition coefficient (Wildman–Crippen LogP) is 4.06. The maximum absolute atomic E-state index is 12.7. The summed E-state index contributed by atoms with van der Waals surface area (Å²) in [5.41, 5.74) is 2.07. The summed E-state index contributed by atoms with van der Waals surface area (Å²) in [5, 5.41) is 0. The van der Waals surface area contributed by atoms with Gasteiger partial charge in [-0.1, -0.05) is 74.5 Å². The van der Waals surface area contributed by atoms with Crippen LogP contribution in [0.2, 0.25) is 0 Å². The molecular weight excluding hydrogens is 298 g/mol. The van der Waals surface area contributed by atoms with E-state index in [0.717, 1.165) is 16.8 Å². The van der Waals surface area contributed by atoms with Crippen LogP contribution in [0.4, 0.5) is 0 Å². The second-order valence-electron chi connectivity index (χ2n) is 6.87. The highest BCUT2D eigenvalue weighted by Gasteiger charge is 2.43. The first-order valence-electron chi connectivity index (χ1n) is 8.40. The van der Waals surface area contributed by atoms with Crippen LogP contribution in [0.3, 0.4) is 0 Å². The molecule has 0 bridgehead atoms. The zero-order valence-electron chi connectivity index (χ0n) is 14.4. The number of rotatable bonds is 4. The number of carbonyl (C=O) groups excluding carboxylic acids is 1. The van der Waals surface area contributed by atoms with E-state index in [-0.39, 0.29) is 18.0 Å². The SMILES string of the molecule is CC(C)[C@@H]1OC(=O)[C@@](C)(Cc2ccccc2)N=C1c1ccccc1. The third-order valence-corrected chi connectivity index (χ3v) is 4.38. The maximum Gasteiger partial charge on any atom is 0.334 e. The Bertz CT molecular complexity index is 737. The largest absolute Gasteiger partial charge is 0.454 e. The lowest BCUT2D eigenvalue weighted by molar-refractivity contribution is -0.155. The van der Waals surface area contributed by atoms with Crippen molar-refractivity contribution in [1.82, 2.24) is 0 Å². The summed E-state index contributed by atoms with van der Waals surface area (Å²) in [6, 6.07) is 20.0. The molecule has 2 aromatic carbocycles. The molecule has 0 aromatic heterocycles. The lowest BCUT2D eigenvalue weighted by atomic mass is 9.88. The Labute approximate surface area is 143 Å². The maximum atomic E-state index is 12.7. The topological polar surface area (TPSA) is 38.7 Å². The molecule has 0 saturated carbocycles. The molecule has 1 aliphatic rings. The molecule has 1 aliphatic heterocycles. The molecule has 0 spiro atoms. The van der Waals surface area contributed by atoms with Gasteiger partial charge in [0.2, 0.25) is 0 Å². The van der Waals surface area contributed by atoms with Gasteiger partial charge in [-0.3, -0.25) is 4.99 Å². The summed E-state index contributed by atoms with van der Waals surface area (Å²) in [6.45, 7) is 5.97. The second kappa shape index (κ2) is 6.60. The van der Waals surface area contributed by atoms with Crippen molar-refractivity contribution in [3.63, 3.8) is 0 Å². The number of hydrogen-bond acceptors (Lipinski definition) is 3. The summed E-state index contributed by atoms with van der Waals surface area (Å²) in [4.78, 5) is 17.6. The molecule has 3 nitrogen and oxygen atoms in total. The molecule has 2 atom stereocenters. The minimum Gasteiger partial charge on any atom is -0.454 e. The molecule has 0 amide bonds. The number of hydrogen-bond donors (Lipinski definition) is 0. The van der Waals surface area contributed by atoms with Crippen LogP contribution in [0.1, 0.15) is 31.9 Å². The van der Waals surface area contributed by atoms with E-state index in [1.54, 1.807) is 0 Å². The first-order valence-corrected chi connectivity index (χ1v) is 8.40. The van der Waals surface area contributed by atoms with Gasteiger partial charge in [0.1, 0.15) is 6.10 Å². The number of cyclic esters (lactones) is 1. The van der Waals surface area contributed by atoms with E-state index in [1.807, 2.05) is 67.6 Å². The lowest BCUT2D eigenvalue weighted by Crippen LogP contribution is -2.49. The number of ether oxygens (including phenoxy) is 1. The molecule has 0 N–H and O–H groups in total. The van der Waals surface area contributed by atoms with Crippen molar-refractivity contribution in [2.24, 2.45) is 10.9 Å². The fourth-order valence-electron chi connectivity index (χ4n) is 3.07. The molecule has 0 unspecified atom stereocenters. The molecule has 0 radical (unpaired) electrons. The average molecular weight is 321 g/mol. The van der Waals surface area contributed by atoms with E-state index in [9.17, 15) is 4.79 Å². The smallest absolute Gasteiger partial charge is 0.334 e. The van der Waals surface area contributed by atoms with Crippen molar-refractivity contribution in [3.8, 4) is 0 Å². The Morgan fingerprint density at radius 2 is 1.62 bits per heavy atom. The van der Waals surface area contributed by atoms with Gasteiger partial charge in [0.05, 0.1) is 5.71 Å². The zero-order valence-corrected chi connectivity index (χ0v) is 14.4. The van der Waals surface area contributed by atoms with E-state index < -0.39 is 5.54 Å². The fraction of sp³-hybridized carbons (Fsp3) is 0.333. The number of benzene rings is 2.